The zero-order chi connectivity index (χ0) is 14.5. The second kappa shape index (κ2) is 6.17. The van der Waals surface area contributed by atoms with Crippen LogP contribution in [0.4, 0.5) is 4.79 Å². The van der Waals surface area contributed by atoms with Gasteiger partial charge < -0.3 is 15.7 Å². The van der Waals surface area contributed by atoms with E-state index in [1.807, 2.05) is 20.8 Å². The molecule has 8 nitrogen and oxygen atoms in total. The Bertz CT molecular complexity index is 449. The van der Waals surface area contributed by atoms with Crippen molar-refractivity contribution >= 4 is 12.0 Å². The maximum Gasteiger partial charge on any atom is 0.358 e. The molecule has 0 saturated heterocycles. The van der Waals surface area contributed by atoms with E-state index in [-0.39, 0.29) is 17.1 Å². The Balaban J connectivity index is 2.26. The van der Waals surface area contributed by atoms with Crippen molar-refractivity contribution in [3.8, 4) is 0 Å². The van der Waals surface area contributed by atoms with Gasteiger partial charge in [0.1, 0.15) is 0 Å². The Hall–Kier alpha value is -2.12. The molecule has 0 bridgehead atoms. The van der Waals surface area contributed by atoms with Gasteiger partial charge in [0.25, 0.3) is 0 Å². The normalized spacial score (nSPS) is 11.1. The first kappa shape index (κ1) is 14.9. The number of amides is 2. The summed E-state index contributed by atoms with van der Waals surface area (Å²) < 4.78 is 1.37. The van der Waals surface area contributed by atoms with Crippen LogP contribution in [0.25, 0.3) is 0 Å². The minimum atomic E-state index is -1.12. The largest absolute Gasteiger partial charge is 0.476 e. The summed E-state index contributed by atoms with van der Waals surface area (Å²) in [5, 5.41) is 21.2. The third kappa shape index (κ3) is 5.84. The van der Waals surface area contributed by atoms with Crippen molar-refractivity contribution in [1.29, 1.82) is 0 Å². The molecule has 0 spiro atoms. The highest BCUT2D eigenvalue weighted by molar-refractivity contribution is 5.84. The van der Waals surface area contributed by atoms with Gasteiger partial charge in [-0.15, -0.1) is 5.10 Å². The fraction of sp³-hybridized carbons (Fsp3) is 0.636. The molecule has 19 heavy (non-hydrogen) atoms. The van der Waals surface area contributed by atoms with Gasteiger partial charge in [-0.2, -0.15) is 0 Å². The van der Waals surface area contributed by atoms with Crippen LogP contribution in [0.5, 0.6) is 0 Å². The molecule has 1 rings (SSSR count). The fourth-order valence-electron chi connectivity index (χ4n) is 1.20. The number of carboxylic acids is 1. The van der Waals surface area contributed by atoms with Gasteiger partial charge in [0.2, 0.25) is 0 Å². The van der Waals surface area contributed by atoms with E-state index in [0.29, 0.717) is 19.6 Å². The van der Waals surface area contributed by atoms with E-state index in [9.17, 15) is 9.59 Å². The summed E-state index contributed by atoms with van der Waals surface area (Å²) in [6, 6.07) is -0.256. The number of nitrogens with zero attached hydrogens (tertiary/aromatic N) is 3. The Labute approximate surface area is 111 Å². The minimum Gasteiger partial charge on any atom is -0.476 e. The van der Waals surface area contributed by atoms with Crippen molar-refractivity contribution in [1.82, 2.24) is 25.6 Å². The lowest BCUT2D eigenvalue weighted by Gasteiger charge is -2.18. The second-order valence-corrected chi connectivity index (χ2v) is 5.34. The van der Waals surface area contributed by atoms with Crippen molar-refractivity contribution in [2.45, 2.75) is 27.3 Å². The van der Waals surface area contributed by atoms with Crippen LogP contribution in [0.3, 0.4) is 0 Å². The Morgan fingerprint density at radius 1 is 1.37 bits per heavy atom. The molecule has 0 aliphatic heterocycles. The first-order valence-electron chi connectivity index (χ1n) is 5.93. The maximum atomic E-state index is 11.4. The Kier molecular flexibility index (Phi) is 4.85. The van der Waals surface area contributed by atoms with E-state index in [1.165, 1.54) is 10.9 Å². The molecule has 1 heterocycles. The quantitative estimate of drug-likeness (QED) is 0.713. The topological polar surface area (TPSA) is 109 Å². The third-order valence-electron chi connectivity index (χ3n) is 2.16. The zero-order valence-corrected chi connectivity index (χ0v) is 11.3. The predicted octanol–water partition coefficient (Wildman–Crippen LogP) is 0.322. The molecule has 3 N–H and O–H groups in total. The second-order valence-electron chi connectivity index (χ2n) is 5.34. The summed E-state index contributed by atoms with van der Waals surface area (Å²) in [5.74, 6) is -1.12. The summed E-state index contributed by atoms with van der Waals surface area (Å²) in [7, 11) is 0. The Morgan fingerprint density at radius 2 is 2.05 bits per heavy atom. The molecule has 0 radical (unpaired) electrons. The van der Waals surface area contributed by atoms with E-state index in [1.54, 1.807) is 0 Å². The number of hydrogen-bond acceptors (Lipinski definition) is 4. The molecule has 1 aromatic rings. The number of carbonyl (C=O) groups excluding carboxylic acids is 1. The predicted molar refractivity (Wildman–Crippen MR) is 67.8 cm³/mol. The van der Waals surface area contributed by atoms with Gasteiger partial charge in [-0.3, -0.25) is 0 Å². The fourth-order valence-corrected chi connectivity index (χ4v) is 1.20. The monoisotopic (exact) mass is 269 g/mol. The van der Waals surface area contributed by atoms with E-state index in [2.05, 4.69) is 20.9 Å². The number of aromatic nitrogens is 3. The molecule has 2 amide bonds. The number of urea groups is 1. The lowest BCUT2D eigenvalue weighted by Crippen LogP contribution is -2.41. The maximum absolute atomic E-state index is 11.4. The SMILES string of the molecule is CC(C)(C)CNC(=O)NCCn1cc(C(=O)O)nn1. The average molecular weight is 269 g/mol. The average Bonchev–Trinajstić information content (AvgIpc) is 2.74. The molecule has 106 valence electrons. The van der Waals surface area contributed by atoms with Gasteiger partial charge in [0, 0.05) is 13.1 Å². The van der Waals surface area contributed by atoms with E-state index in [4.69, 9.17) is 5.11 Å². The smallest absolute Gasteiger partial charge is 0.358 e. The van der Waals surface area contributed by atoms with Crippen LogP contribution in [0.15, 0.2) is 6.20 Å². The van der Waals surface area contributed by atoms with Gasteiger partial charge in [0.15, 0.2) is 5.69 Å². The molecule has 8 heteroatoms. The number of aromatic carboxylic acids is 1. The zero-order valence-electron chi connectivity index (χ0n) is 11.3. The lowest BCUT2D eigenvalue weighted by molar-refractivity contribution is 0.0690. The first-order chi connectivity index (χ1) is 8.78. The molecule has 1 aromatic heterocycles. The highest BCUT2D eigenvalue weighted by Crippen LogP contribution is 2.09. The highest BCUT2D eigenvalue weighted by Gasteiger charge is 2.11. The van der Waals surface area contributed by atoms with Crippen LogP contribution in [0.2, 0.25) is 0 Å². The minimum absolute atomic E-state index is 0.0274. The summed E-state index contributed by atoms with van der Waals surface area (Å²) in [5.41, 5.74) is -0.0863. The van der Waals surface area contributed by atoms with Crippen molar-refractivity contribution in [2.24, 2.45) is 5.41 Å². The Morgan fingerprint density at radius 3 is 2.58 bits per heavy atom. The number of rotatable bonds is 5. The van der Waals surface area contributed by atoms with Crippen LogP contribution in [-0.2, 0) is 6.54 Å². The summed E-state index contributed by atoms with van der Waals surface area (Å²) in [6.45, 7) is 7.36. The summed E-state index contributed by atoms with van der Waals surface area (Å²) in [6.07, 6.45) is 1.32. The van der Waals surface area contributed by atoms with Crippen molar-refractivity contribution in [2.75, 3.05) is 13.1 Å². The standard InChI is InChI=1S/C11H19N5O3/c1-11(2,3)7-13-10(19)12-4-5-16-6-8(9(17)18)14-15-16/h6H,4-5,7H2,1-3H3,(H,17,18)(H2,12,13,19). The van der Waals surface area contributed by atoms with E-state index < -0.39 is 5.97 Å². The van der Waals surface area contributed by atoms with Crippen LogP contribution in [-0.4, -0.2) is 45.2 Å². The van der Waals surface area contributed by atoms with Crippen molar-refractivity contribution < 1.29 is 14.7 Å². The van der Waals surface area contributed by atoms with Gasteiger partial charge in [-0.25, -0.2) is 14.3 Å². The third-order valence-corrected chi connectivity index (χ3v) is 2.16. The number of nitrogens with one attached hydrogen (secondary N) is 2. The first-order valence-corrected chi connectivity index (χ1v) is 5.93. The van der Waals surface area contributed by atoms with Crippen LogP contribution < -0.4 is 10.6 Å². The molecule has 0 aliphatic carbocycles. The van der Waals surface area contributed by atoms with Crippen LogP contribution in [0.1, 0.15) is 31.3 Å². The lowest BCUT2D eigenvalue weighted by atomic mass is 9.97. The van der Waals surface area contributed by atoms with Gasteiger partial charge >= 0.3 is 12.0 Å². The molecular weight excluding hydrogens is 250 g/mol. The number of carbonyl (C=O) groups is 2. The van der Waals surface area contributed by atoms with Crippen molar-refractivity contribution in [3.63, 3.8) is 0 Å². The number of carboxylic acid groups (broad SMARTS) is 1. The highest BCUT2D eigenvalue weighted by atomic mass is 16.4. The molecule has 0 saturated carbocycles. The van der Waals surface area contributed by atoms with Crippen LogP contribution >= 0.6 is 0 Å². The van der Waals surface area contributed by atoms with Gasteiger partial charge in [-0.05, 0) is 5.41 Å². The molecule has 0 aromatic carbocycles. The number of hydrogen-bond donors (Lipinski definition) is 3. The van der Waals surface area contributed by atoms with Crippen LogP contribution in [0, 0.1) is 5.41 Å². The van der Waals surface area contributed by atoms with Gasteiger partial charge in [-0.1, -0.05) is 26.0 Å². The summed E-state index contributed by atoms with van der Waals surface area (Å²) >= 11 is 0. The molecule has 0 fully saturated rings. The molecule has 0 unspecified atom stereocenters. The molecular formula is C11H19N5O3. The molecule has 0 atom stereocenters. The molecule has 0 aliphatic rings. The van der Waals surface area contributed by atoms with Gasteiger partial charge in [0.05, 0.1) is 12.7 Å². The van der Waals surface area contributed by atoms with E-state index in [0.717, 1.165) is 0 Å². The van der Waals surface area contributed by atoms with E-state index >= 15 is 0 Å². The summed E-state index contributed by atoms with van der Waals surface area (Å²) in [4.78, 5) is 22.0. The van der Waals surface area contributed by atoms with Crippen molar-refractivity contribution in [3.05, 3.63) is 11.9 Å².